The number of amides is 1. The Morgan fingerprint density at radius 1 is 1.47 bits per heavy atom. The summed E-state index contributed by atoms with van der Waals surface area (Å²) in [5.41, 5.74) is 5.96. The van der Waals surface area contributed by atoms with Gasteiger partial charge in [0.15, 0.2) is 0 Å². The molecule has 1 amide bonds. The molecular formula is C12H18N4O3. The van der Waals surface area contributed by atoms with E-state index in [4.69, 9.17) is 5.73 Å². The molecule has 0 fully saturated rings. The maximum Gasteiger partial charge on any atom is 0.315 e. The van der Waals surface area contributed by atoms with Gasteiger partial charge in [-0.05, 0) is 26.0 Å². The minimum atomic E-state index is -0.523. The average molecular weight is 266 g/mol. The van der Waals surface area contributed by atoms with Crippen LogP contribution in [0.15, 0.2) is 18.2 Å². The molecule has 7 heteroatoms. The number of nitro groups is 1. The number of hydrogen-bond acceptors (Lipinski definition) is 5. The van der Waals surface area contributed by atoms with Gasteiger partial charge in [-0.15, -0.1) is 0 Å². The van der Waals surface area contributed by atoms with Crippen LogP contribution in [0.3, 0.4) is 0 Å². The lowest BCUT2D eigenvalue weighted by atomic mass is 10.2. The zero-order valence-electron chi connectivity index (χ0n) is 11.0. The van der Waals surface area contributed by atoms with Gasteiger partial charge in [0, 0.05) is 13.1 Å². The number of nitrogens with two attached hydrogens (primary N) is 1. The molecule has 19 heavy (non-hydrogen) atoms. The second kappa shape index (κ2) is 6.58. The highest BCUT2D eigenvalue weighted by Gasteiger charge is 2.23. The van der Waals surface area contributed by atoms with Gasteiger partial charge in [-0.1, -0.05) is 6.07 Å². The molecule has 1 aromatic rings. The summed E-state index contributed by atoms with van der Waals surface area (Å²) in [5.74, 6) is -0.523. The fraction of sp³-hybridized carbons (Fsp3) is 0.417. The second-order valence-electron chi connectivity index (χ2n) is 3.94. The van der Waals surface area contributed by atoms with E-state index in [0.29, 0.717) is 24.5 Å². The van der Waals surface area contributed by atoms with Crippen LogP contribution in [-0.2, 0) is 4.79 Å². The third-order valence-electron chi connectivity index (χ3n) is 2.63. The van der Waals surface area contributed by atoms with Gasteiger partial charge in [0.2, 0.25) is 5.91 Å². The Hall–Kier alpha value is -2.31. The predicted octanol–water partition coefficient (Wildman–Crippen LogP) is 1.34. The van der Waals surface area contributed by atoms with Crippen LogP contribution in [0, 0.1) is 10.1 Å². The lowest BCUT2D eigenvalue weighted by Gasteiger charge is -2.22. The number of carbonyl (C=O) groups excluding carboxylic acids is 1. The number of nitro benzene ring substituents is 1. The molecule has 104 valence electrons. The van der Waals surface area contributed by atoms with Crippen LogP contribution in [0.5, 0.6) is 0 Å². The standard InChI is InChI=1S/C12H18N4O3/c1-3-14-9-6-5-7-10(12(9)16(18)19)15(4-2)8-11(13)17/h5-7,14H,3-4,8H2,1-2H3,(H2,13,17). The SMILES string of the molecule is CCNc1cccc(N(CC)CC(N)=O)c1[N+](=O)[O-]. The molecule has 0 spiro atoms. The van der Waals surface area contributed by atoms with Crippen molar-refractivity contribution in [3.63, 3.8) is 0 Å². The molecule has 1 aromatic carbocycles. The molecule has 0 aliphatic carbocycles. The number of likely N-dealkylation sites (N-methyl/N-ethyl adjacent to an activating group) is 1. The zero-order valence-corrected chi connectivity index (χ0v) is 11.0. The Morgan fingerprint density at radius 3 is 2.63 bits per heavy atom. The lowest BCUT2D eigenvalue weighted by molar-refractivity contribution is -0.383. The molecule has 7 nitrogen and oxygen atoms in total. The smallest absolute Gasteiger partial charge is 0.315 e. The monoisotopic (exact) mass is 266 g/mol. The fourth-order valence-electron chi connectivity index (χ4n) is 1.87. The Bertz CT molecular complexity index is 476. The molecular weight excluding hydrogens is 248 g/mol. The van der Waals surface area contributed by atoms with Crippen molar-refractivity contribution in [2.45, 2.75) is 13.8 Å². The van der Waals surface area contributed by atoms with E-state index in [-0.39, 0.29) is 12.2 Å². The summed E-state index contributed by atoms with van der Waals surface area (Å²) >= 11 is 0. The minimum absolute atomic E-state index is 0.0348. The van der Waals surface area contributed by atoms with Crippen LogP contribution >= 0.6 is 0 Å². The fourth-order valence-corrected chi connectivity index (χ4v) is 1.87. The molecule has 0 unspecified atom stereocenters. The summed E-state index contributed by atoms with van der Waals surface area (Å²) < 4.78 is 0. The van der Waals surface area contributed by atoms with Crippen molar-refractivity contribution in [1.82, 2.24) is 0 Å². The largest absolute Gasteiger partial charge is 0.380 e. The number of nitrogens with one attached hydrogen (secondary N) is 1. The van der Waals surface area contributed by atoms with Crippen molar-refractivity contribution in [2.24, 2.45) is 5.73 Å². The van der Waals surface area contributed by atoms with Crippen LogP contribution in [0.2, 0.25) is 0 Å². The summed E-state index contributed by atoms with van der Waals surface area (Å²) in [7, 11) is 0. The summed E-state index contributed by atoms with van der Waals surface area (Å²) in [6.07, 6.45) is 0. The first-order chi connectivity index (χ1) is 9.01. The Labute approximate surface area is 111 Å². The molecule has 0 bridgehead atoms. The van der Waals surface area contributed by atoms with Gasteiger partial charge in [0.05, 0.1) is 11.5 Å². The molecule has 0 radical (unpaired) electrons. The van der Waals surface area contributed by atoms with Crippen LogP contribution < -0.4 is 16.0 Å². The Balaban J connectivity index is 3.28. The molecule has 1 rings (SSSR count). The highest BCUT2D eigenvalue weighted by molar-refractivity contribution is 5.83. The van der Waals surface area contributed by atoms with E-state index < -0.39 is 10.8 Å². The van der Waals surface area contributed by atoms with E-state index in [0.717, 1.165) is 0 Å². The van der Waals surface area contributed by atoms with Gasteiger partial charge >= 0.3 is 5.69 Å². The highest BCUT2D eigenvalue weighted by atomic mass is 16.6. The Kier molecular flexibility index (Phi) is 5.11. The van der Waals surface area contributed by atoms with E-state index in [9.17, 15) is 14.9 Å². The quantitative estimate of drug-likeness (QED) is 0.572. The van der Waals surface area contributed by atoms with Crippen molar-refractivity contribution in [2.75, 3.05) is 29.9 Å². The molecule has 3 N–H and O–H groups in total. The molecule has 0 saturated carbocycles. The number of rotatable bonds is 7. The first kappa shape index (κ1) is 14.7. The maximum absolute atomic E-state index is 11.2. The van der Waals surface area contributed by atoms with E-state index in [1.165, 1.54) is 0 Å². The summed E-state index contributed by atoms with van der Waals surface area (Å²) in [6, 6.07) is 4.97. The second-order valence-corrected chi connectivity index (χ2v) is 3.94. The van der Waals surface area contributed by atoms with Gasteiger partial charge in [0.25, 0.3) is 0 Å². The molecule has 0 aliphatic rings. The normalized spacial score (nSPS) is 10.0. The highest BCUT2D eigenvalue weighted by Crippen LogP contribution is 2.35. The van der Waals surface area contributed by atoms with E-state index in [2.05, 4.69) is 5.32 Å². The summed E-state index contributed by atoms with van der Waals surface area (Å²) in [5, 5.41) is 14.2. The van der Waals surface area contributed by atoms with Crippen LogP contribution in [0.25, 0.3) is 0 Å². The van der Waals surface area contributed by atoms with Crippen molar-refractivity contribution < 1.29 is 9.72 Å². The topological polar surface area (TPSA) is 102 Å². The number of nitrogens with zero attached hydrogens (tertiary/aromatic N) is 2. The molecule has 0 aromatic heterocycles. The van der Waals surface area contributed by atoms with Crippen LogP contribution in [0.1, 0.15) is 13.8 Å². The number of anilines is 2. The van der Waals surface area contributed by atoms with Crippen molar-refractivity contribution in [3.8, 4) is 0 Å². The van der Waals surface area contributed by atoms with Crippen LogP contribution in [0.4, 0.5) is 17.1 Å². The average Bonchev–Trinajstić information content (AvgIpc) is 2.35. The third kappa shape index (κ3) is 3.57. The van der Waals surface area contributed by atoms with Crippen molar-refractivity contribution in [1.29, 1.82) is 0 Å². The number of para-hydroxylation sites is 1. The predicted molar refractivity (Wildman–Crippen MR) is 74.3 cm³/mol. The van der Waals surface area contributed by atoms with Crippen molar-refractivity contribution >= 4 is 23.0 Å². The van der Waals surface area contributed by atoms with E-state index in [1.807, 2.05) is 13.8 Å². The molecule has 0 heterocycles. The number of hydrogen-bond donors (Lipinski definition) is 2. The maximum atomic E-state index is 11.2. The first-order valence-electron chi connectivity index (χ1n) is 6.05. The lowest BCUT2D eigenvalue weighted by Crippen LogP contribution is -2.34. The van der Waals surface area contributed by atoms with Gasteiger partial charge in [0.1, 0.15) is 11.4 Å². The summed E-state index contributed by atoms with van der Waals surface area (Å²) in [6.45, 7) is 4.66. The van der Waals surface area contributed by atoms with Gasteiger partial charge in [-0.25, -0.2) is 0 Å². The van der Waals surface area contributed by atoms with Gasteiger partial charge in [-0.2, -0.15) is 0 Å². The molecule has 0 atom stereocenters. The van der Waals surface area contributed by atoms with E-state index >= 15 is 0 Å². The number of carbonyl (C=O) groups is 1. The molecule has 0 saturated heterocycles. The number of benzene rings is 1. The zero-order chi connectivity index (χ0) is 14.4. The van der Waals surface area contributed by atoms with Gasteiger partial charge in [-0.3, -0.25) is 14.9 Å². The van der Waals surface area contributed by atoms with Gasteiger partial charge < -0.3 is 16.0 Å². The van der Waals surface area contributed by atoms with Crippen LogP contribution in [-0.4, -0.2) is 30.5 Å². The summed E-state index contributed by atoms with van der Waals surface area (Å²) in [4.78, 5) is 23.4. The molecule has 0 aliphatic heterocycles. The van der Waals surface area contributed by atoms with Crippen molar-refractivity contribution in [3.05, 3.63) is 28.3 Å². The minimum Gasteiger partial charge on any atom is -0.380 e. The Morgan fingerprint density at radius 2 is 2.16 bits per heavy atom. The van der Waals surface area contributed by atoms with E-state index in [1.54, 1.807) is 23.1 Å². The first-order valence-corrected chi connectivity index (χ1v) is 6.05. The third-order valence-corrected chi connectivity index (χ3v) is 2.63. The number of primary amides is 1.